The predicted octanol–water partition coefficient (Wildman–Crippen LogP) is 1.53. The summed E-state index contributed by atoms with van der Waals surface area (Å²) in [6, 6.07) is 7.14. The number of hydrogen-bond acceptors (Lipinski definition) is 9. The summed E-state index contributed by atoms with van der Waals surface area (Å²) >= 11 is 1.35. The number of aliphatic carboxylic acids is 1. The number of rotatable bonds is 15. The van der Waals surface area contributed by atoms with Crippen molar-refractivity contribution in [1.82, 2.24) is 10.2 Å². The average Bonchev–Trinajstić information content (AvgIpc) is 3.30. The standard InChI is InChI=1S/C22H31N3O8S/c1-16(23-18(21(27)28)10-9-17-6-3-2-4-7-17)20(26)24-11-5-8-19(24)22(29)32-12-14-34-15-13-33-25(30)31/h2-4,6-7,16,18-19,23H,5,8-15H2,1H3,(H,27,28). The second-order valence-electron chi connectivity index (χ2n) is 7.83. The minimum absolute atomic E-state index is 0.0376. The summed E-state index contributed by atoms with van der Waals surface area (Å²) < 4.78 is 5.28. The maximum atomic E-state index is 13.0. The molecule has 0 radical (unpaired) electrons. The van der Waals surface area contributed by atoms with Crippen LogP contribution in [-0.4, -0.2) is 82.3 Å². The Bertz CT molecular complexity index is 826. The largest absolute Gasteiger partial charge is 0.480 e. The molecule has 0 spiro atoms. The molecule has 3 atom stereocenters. The maximum absolute atomic E-state index is 13.0. The summed E-state index contributed by atoms with van der Waals surface area (Å²) in [7, 11) is 0. The topological polar surface area (TPSA) is 148 Å². The summed E-state index contributed by atoms with van der Waals surface area (Å²) in [6.07, 6.45) is 2.02. The minimum Gasteiger partial charge on any atom is -0.480 e. The van der Waals surface area contributed by atoms with Crippen LogP contribution >= 0.6 is 11.8 Å². The third-order valence-corrected chi connectivity index (χ3v) is 6.30. The highest BCUT2D eigenvalue weighted by Crippen LogP contribution is 2.20. The van der Waals surface area contributed by atoms with Gasteiger partial charge in [-0.15, -0.1) is 10.1 Å². The number of benzene rings is 1. The number of aryl methyl sites for hydroxylation is 1. The molecule has 0 saturated carbocycles. The fraction of sp³-hybridized carbons (Fsp3) is 0.591. The molecular weight excluding hydrogens is 466 g/mol. The van der Waals surface area contributed by atoms with Gasteiger partial charge in [0.25, 0.3) is 5.09 Å². The second-order valence-corrected chi connectivity index (χ2v) is 9.05. The molecule has 1 aromatic rings. The molecule has 1 aliphatic rings. The normalized spacial score (nSPS) is 17.1. The number of amides is 1. The smallest absolute Gasteiger partial charge is 0.328 e. The van der Waals surface area contributed by atoms with Gasteiger partial charge in [-0.2, -0.15) is 11.8 Å². The van der Waals surface area contributed by atoms with E-state index >= 15 is 0 Å². The van der Waals surface area contributed by atoms with Gasteiger partial charge in [-0.3, -0.25) is 14.9 Å². The first-order valence-corrected chi connectivity index (χ1v) is 12.3. The Kier molecular flexibility index (Phi) is 11.6. The number of carboxylic acid groups (broad SMARTS) is 1. The van der Waals surface area contributed by atoms with Crippen LogP contribution in [0.4, 0.5) is 0 Å². The van der Waals surface area contributed by atoms with Crippen LogP contribution in [-0.2, 0) is 30.4 Å². The van der Waals surface area contributed by atoms with Crippen molar-refractivity contribution in [3.8, 4) is 0 Å². The Morgan fingerprint density at radius 1 is 1.26 bits per heavy atom. The molecule has 1 heterocycles. The average molecular weight is 498 g/mol. The molecule has 11 nitrogen and oxygen atoms in total. The summed E-state index contributed by atoms with van der Waals surface area (Å²) in [5, 5.41) is 21.7. The highest BCUT2D eigenvalue weighted by molar-refractivity contribution is 7.99. The van der Waals surface area contributed by atoms with Crippen molar-refractivity contribution in [2.24, 2.45) is 0 Å². The molecule has 0 aromatic heterocycles. The number of likely N-dealkylation sites (tertiary alicyclic amines) is 1. The highest BCUT2D eigenvalue weighted by atomic mass is 32.2. The molecule has 188 valence electrons. The van der Waals surface area contributed by atoms with Crippen LogP contribution in [0.3, 0.4) is 0 Å². The van der Waals surface area contributed by atoms with Crippen molar-refractivity contribution >= 4 is 29.6 Å². The van der Waals surface area contributed by atoms with Gasteiger partial charge in [-0.25, -0.2) is 4.79 Å². The zero-order valence-corrected chi connectivity index (χ0v) is 19.9. The SMILES string of the molecule is CC(NC(CCc1ccccc1)C(=O)O)C(=O)N1CCCC1C(=O)OCCSCCO[N+](=O)[O-]. The van der Waals surface area contributed by atoms with E-state index in [9.17, 15) is 29.6 Å². The van der Waals surface area contributed by atoms with E-state index < -0.39 is 35.2 Å². The molecule has 1 fully saturated rings. The molecular formula is C22H31N3O8S. The van der Waals surface area contributed by atoms with Crippen LogP contribution in [0.2, 0.25) is 0 Å². The predicted molar refractivity (Wildman–Crippen MR) is 125 cm³/mol. The van der Waals surface area contributed by atoms with E-state index in [1.165, 1.54) is 16.7 Å². The minimum atomic E-state index is -1.03. The van der Waals surface area contributed by atoms with E-state index in [4.69, 9.17) is 4.74 Å². The monoisotopic (exact) mass is 497 g/mol. The lowest BCUT2D eigenvalue weighted by atomic mass is 10.0. The molecule has 2 N–H and O–H groups in total. The zero-order valence-electron chi connectivity index (χ0n) is 19.1. The van der Waals surface area contributed by atoms with Gasteiger partial charge in [0.1, 0.15) is 25.3 Å². The Balaban J connectivity index is 1.79. The van der Waals surface area contributed by atoms with E-state index in [-0.39, 0.29) is 19.1 Å². The first kappa shape index (κ1) is 27.4. The molecule has 0 aliphatic carbocycles. The first-order valence-electron chi connectivity index (χ1n) is 11.1. The van der Waals surface area contributed by atoms with Gasteiger partial charge in [-0.05, 0) is 38.2 Å². The maximum Gasteiger partial charge on any atom is 0.328 e. The van der Waals surface area contributed by atoms with Crippen molar-refractivity contribution in [3.63, 3.8) is 0 Å². The van der Waals surface area contributed by atoms with Gasteiger partial charge in [0.15, 0.2) is 0 Å². The van der Waals surface area contributed by atoms with E-state index in [1.54, 1.807) is 6.92 Å². The van der Waals surface area contributed by atoms with Gasteiger partial charge in [0, 0.05) is 18.1 Å². The van der Waals surface area contributed by atoms with Crippen LogP contribution in [0.5, 0.6) is 0 Å². The lowest BCUT2D eigenvalue weighted by Gasteiger charge is -2.28. The van der Waals surface area contributed by atoms with Gasteiger partial charge < -0.3 is 19.6 Å². The molecule has 1 aromatic carbocycles. The molecule has 1 aliphatic heterocycles. The van der Waals surface area contributed by atoms with E-state index in [2.05, 4.69) is 10.2 Å². The Hall–Kier alpha value is -2.86. The fourth-order valence-electron chi connectivity index (χ4n) is 3.70. The molecule has 1 saturated heterocycles. The summed E-state index contributed by atoms with van der Waals surface area (Å²) in [4.78, 5) is 52.9. The number of carbonyl (C=O) groups excluding carboxylic acids is 2. The molecule has 12 heteroatoms. The van der Waals surface area contributed by atoms with Crippen LogP contribution in [0.25, 0.3) is 0 Å². The summed E-state index contributed by atoms with van der Waals surface area (Å²) in [6.45, 7) is 2.09. The van der Waals surface area contributed by atoms with Gasteiger partial charge in [0.05, 0.1) is 6.04 Å². The number of thioether (sulfide) groups is 1. The number of ether oxygens (including phenoxy) is 1. The lowest BCUT2D eigenvalue weighted by Crippen LogP contribution is -2.53. The zero-order chi connectivity index (χ0) is 24.9. The second kappa shape index (κ2) is 14.4. The van der Waals surface area contributed by atoms with Crippen molar-refractivity contribution in [3.05, 3.63) is 46.0 Å². The number of nitrogens with one attached hydrogen (secondary N) is 1. The van der Waals surface area contributed by atoms with Crippen LogP contribution < -0.4 is 5.32 Å². The Morgan fingerprint density at radius 2 is 1.97 bits per heavy atom. The number of carboxylic acids is 1. The third kappa shape index (κ3) is 9.18. The molecule has 0 bridgehead atoms. The van der Waals surface area contributed by atoms with E-state index in [0.717, 1.165) is 5.56 Å². The summed E-state index contributed by atoms with van der Waals surface area (Å²) in [5.41, 5.74) is 1.01. The van der Waals surface area contributed by atoms with Crippen molar-refractivity contribution in [2.75, 3.05) is 31.3 Å². The highest BCUT2D eigenvalue weighted by Gasteiger charge is 2.37. The van der Waals surface area contributed by atoms with E-state index in [0.29, 0.717) is 43.7 Å². The molecule has 34 heavy (non-hydrogen) atoms. The molecule has 1 amide bonds. The quantitative estimate of drug-likeness (QED) is 0.158. The number of carbonyl (C=O) groups is 3. The van der Waals surface area contributed by atoms with Crippen LogP contribution in [0.15, 0.2) is 30.3 Å². The van der Waals surface area contributed by atoms with E-state index in [1.807, 2.05) is 30.3 Å². The Morgan fingerprint density at radius 3 is 2.65 bits per heavy atom. The third-order valence-electron chi connectivity index (χ3n) is 5.39. The van der Waals surface area contributed by atoms with Crippen molar-refractivity contribution < 1.29 is 34.2 Å². The van der Waals surface area contributed by atoms with Gasteiger partial charge in [0.2, 0.25) is 5.91 Å². The Labute approximate surface area is 202 Å². The number of nitrogens with zero attached hydrogens (tertiary/aromatic N) is 2. The molecule has 3 unspecified atom stereocenters. The van der Waals surface area contributed by atoms with Crippen LogP contribution in [0, 0.1) is 10.1 Å². The molecule has 2 rings (SSSR count). The number of hydrogen-bond donors (Lipinski definition) is 2. The first-order chi connectivity index (χ1) is 16.3. The lowest BCUT2D eigenvalue weighted by molar-refractivity contribution is -0.756. The van der Waals surface area contributed by atoms with Gasteiger partial charge >= 0.3 is 11.9 Å². The fourth-order valence-corrected chi connectivity index (χ4v) is 4.30. The summed E-state index contributed by atoms with van der Waals surface area (Å²) in [5.74, 6) is -1.03. The van der Waals surface area contributed by atoms with Crippen LogP contribution in [0.1, 0.15) is 31.7 Å². The number of esters is 1. The van der Waals surface area contributed by atoms with Crippen molar-refractivity contribution in [2.45, 2.75) is 50.7 Å². The van der Waals surface area contributed by atoms with Crippen molar-refractivity contribution in [1.29, 1.82) is 0 Å². The van der Waals surface area contributed by atoms with Gasteiger partial charge in [-0.1, -0.05) is 30.3 Å².